The number of fused-ring (bicyclic) bond motifs is 1. The smallest absolute Gasteiger partial charge is 0.326 e. The molecule has 5 aliphatic carbocycles. The van der Waals surface area contributed by atoms with Crippen LogP contribution < -0.4 is 10.1 Å². The summed E-state index contributed by atoms with van der Waals surface area (Å²) in [5.74, 6) is -3.37. The Balaban J connectivity index is 1.27. The molecule has 0 heterocycles. The molecule has 0 aromatic heterocycles. The number of amides is 1. The van der Waals surface area contributed by atoms with Gasteiger partial charge in [-0.05, 0) is 80.6 Å². The number of aliphatic hydroxyl groups is 1. The van der Waals surface area contributed by atoms with Crippen LogP contribution in [-0.4, -0.2) is 46.3 Å². The molecule has 2 aromatic carbocycles. The third-order valence-electron chi connectivity index (χ3n) is 9.63. The first kappa shape index (κ1) is 25.5. The van der Waals surface area contributed by atoms with Crippen LogP contribution in [0.3, 0.4) is 0 Å². The summed E-state index contributed by atoms with van der Waals surface area (Å²) in [6.07, 6.45) is 4.58. The molecule has 2 aromatic rings. The summed E-state index contributed by atoms with van der Waals surface area (Å²) in [7, 11) is 0. The fraction of sp³-hybridized carbons (Fsp3) is 0.600. The van der Waals surface area contributed by atoms with Crippen molar-refractivity contribution in [1.82, 2.24) is 5.32 Å². The van der Waals surface area contributed by atoms with Gasteiger partial charge in [-0.15, -0.1) is 0 Å². The number of hydrogen-bond donors (Lipinski definition) is 3. The molecule has 0 aliphatic heterocycles. The molecular formula is C30H35F2NO5. The van der Waals surface area contributed by atoms with Crippen molar-refractivity contribution in [1.29, 1.82) is 0 Å². The summed E-state index contributed by atoms with van der Waals surface area (Å²) < 4.78 is 33.5. The topological polar surface area (TPSA) is 95.9 Å². The van der Waals surface area contributed by atoms with Crippen LogP contribution in [0.2, 0.25) is 0 Å². The van der Waals surface area contributed by atoms with Crippen molar-refractivity contribution < 1.29 is 33.3 Å². The lowest BCUT2D eigenvalue weighted by Gasteiger charge is -2.61. The summed E-state index contributed by atoms with van der Waals surface area (Å²) in [6, 6.07) is 9.81. The van der Waals surface area contributed by atoms with Crippen molar-refractivity contribution in [3.63, 3.8) is 0 Å². The molecule has 5 saturated carbocycles. The average Bonchev–Trinajstić information content (AvgIpc) is 2.84. The Kier molecular flexibility index (Phi) is 6.17. The lowest BCUT2D eigenvalue weighted by molar-refractivity contribution is -0.181. The number of ether oxygens (including phenoxy) is 1. The van der Waals surface area contributed by atoms with Crippen LogP contribution in [-0.2, 0) is 4.79 Å². The van der Waals surface area contributed by atoms with E-state index in [1.807, 2.05) is 30.3 Å². The molecule has 3 N–H and O–H groups in total. The highest BCUT2D eigenvalue weighted by Gasteiger charge is 2.61. The number of carbonyl (C=O) groups is 2. The maximum absolute atomic E-state index is 13.7. The van der Waals surface area contributed by atoms with Crippen LogP contribution >= 0.6 is 0 Å². The second-order valence-corrected chi connectivity index (χ2v) is 12.6. The molecule has 3 unspecified atom stereocenters. The van der Waals surface area contributed by atoms with Gasteiger partial charge in [0.2, 0.25) is 5.92 Å². The molecule has 1 amide bonds. The minimum absolute atomic E-state index is 0.0379. The lowest BCUT2D eigenvalue weighted by atomic mass is 9.46. The summed E-state index contributed by atoms with van der Waals surface area (Å²) in [4.78, 5) is 26.3. The van der Waals surface area contributed by atoms with Gasteiger partial charge in [0.25, 0.3) is 5.91 Å². The Morgan fingerprint density at radius 1 is 1.03 bits per heavy atom. The van der Waals surface area contributed by atoms with Crippen molar-refractivity contribution in [2.75, 3.05) is 6.61 Å². The molecule has 204 valence electrons. The Hall–Kier alpha value is -2.74. The van der Waals surface area contributed by atoms with E-state index < -0.39 is 34.9 Å². The third-order valence-corrected chi connectivity index (χ3v) is 9.63. The van der Waals surface area contributed by atoms with Gasteiger partial charge in [0.15, 0.2) is 0 Å². The number of alkyl halides is 2. The van der Waals surface area contributed by atoms with Gasteiger partial charge in [-0.25, -0.2) is 13.6 Å². The van der Waals surface area contributed by atoms with E-state index in [2.05, 4.69) is 5.32 Å². The Bertz CT molecular complexity index is 1240. The Morgan fingerprint density at radius 2 is 1.71 bits per heavy atom. The average molecular weight is 528 g/mol. The van der Waals surface area contributed by atoms with E-state index in [0.29, 0.717) is 50.7 Å². The number of rotatable bonds is 7. The predicted octanol–water partition coefficient (Wildman–Crippen LogP) is 5.56. The van der Waals surface area contributed by atoms with Crippen molar-refractivity contribution in [2.24, 2.45) is 23.2 Å². The van der Waals surface area contributed by atoms with E-state index in [1.165, 1.54) is 0 Å². The van der Waals surface area contributed by atoms with E-state index in [-0.39, 0.29) is 42.8 Å². The molecule has 7 rings (SSSR count). The highest BCUT2D eigenvalue weighted by Crippen LogP contribution is 2.62. The Morgan fingerprint density at radius 3 is 2.37 bits per heavy atom. The molecule has 0 radical (unpaired) electrons. The molecule has 6 nitrogen and oxygen atoms in total. The van der Waals surface area contributed by atoms with Gasteiger partial charge in [0.05, 0.1) is 17.8 Å². The van der Waals surface area contributed by atoms with Crippen LogP contribution in [0.15, 0.2) is 36.4 Å². The normalized spacial score (nSPS) is 32.7. The highest BCUT2D eigenvalue weighted by molar-refractivity contribution is 6.05. The van der Waals surface area contributed by atoms with Crippen LogP contribution in [0.4, 0.5) is 8.78 Å². The molecule has 38 heavy (non-hydrogen) atoms. The Labute approximate surface area is 220 Å². The number of halogens is 2. The maximum atomic E-state index is 13.7. The van der Waals surface area contributed by atoms with E-state index >= 15 is 0 Å². The first-order valence-corrected chi connectivity index (χ1v) is 13.8. The standard InChI is InChI=1S/C30H35F2NO5/c31-30(32)9-7-18(8-10-30)16-38-24-22-4-2-1-3-21(22)5-6-23(24)26(34)33-25(27(35)36)28-12-19-11-20(13-28)15-29(37,14-19)17-28/h1-6,18-20,25,37H,7-17H2,(H,33,34)(H,35,36). The number of carboxylic acid groups (broad SMARTS) is 1. The van der Waals surface area contributed by atoms with Gasteiger partial charge < -0.3 is 20.3 Å². The van der Waals surface area contributed by atoms with Crippen LogP contribution in [0.25, 0.3) is 10.8 Å². The van der Waals surface area contributed by atoms with Crippen LogP contribution in [0.5, 0.6) is 5.75 Å². The molecule has 4 bridgehead atoms. The summed E-state index contributed by atoms with van der Waals surface area (Å²) >= 11 is 0. The first-order chi connectivity index (χ1) is 18.0. The van der Waals surface area contributed by atoms with Crippen molar-refractivity contribution in [3.05, 3.63) is 42.0 Å². The number of benzene rings is 2. The lowest BCUT2D eigenvalue weighted by Crippen LogP contribution is -2.64. The molecule has 0 saturated heterocycles. The maximum Gasteiger partial charge on any atom is 0.326 e. The molecule has 8 heteroatoms. The number of aliphatic carboxylic acids is 1. The van der Waals surface area contributed by atoms with Crippen molar-refractivity contribution >= 4 is 22.6 Å². The summed E-state index contributed by atoms with van der Waals surface area (Å²) in [6.45, 7) is 0.215. The van der Waals surface area contributed by atoms with Gasteiger partial charge in [-0.1, -0.05) is 30.3 Å². The minimum atomic E-state index is -2.63. The van der Waals surface area contributed by atoms with Gasteiger partial charge in [-0.2, -0.15) is 0 Å². The number of carboxylic acids is 1. The van der Waals surface area contributed by atoms with Gasteiger partial charge >= 0.3 is 5.97 Å². The second kappa shape index (κ2) is 9.18. The second-order valence-electron chi connectivity index (χ2n) is 12.6. The summed E-state index contributed by atoms with van der Waals surface area (Å²) in [5, 5.41) is 25.9. The van der Waals surface area contributed by atoms with Crippen molar-refractivity contribution in [3.8, 4) is 5.75 Å². The molecule has 3 atom stereocenters. The van der Waals surface area contributed by atoms with Gasteiger partial charge in [-0.3, -0.25) is 4.79 Å². The van der Waals surface area contributed by atoms with E-state index in [4.69, 9.17) is 4.74 Å². The monoisotopic (exact) mass is 527 g/mol. The SMILES string of the molecule is O=C(NC(C(=O)O)C12CC3CC(CC(O)(C3)C1)C2)c1ccc2ccccc2c1OCC1CCC(F)(F)CC1. The van der Waals surface area contributed by atoms with Crippen LogP contribution in [0.1, 0.15) is 74.6 Å². The largest absolute Gasteiger partial charge is 0.492 e. The van der Waals surface area contributed by atoms with E-state index in [1.54, 1.807) is 6.07 Å². The first-order valence-electron chi connectivity index (χ1n) is 13.8. The highest BCUT2D eigenvalue weighted by atomic mass is 19.3. The number of hydrogen-bond acceptors (Lipinski definition) is 4. The minimum Gasteiger partial charge on any atom is -0.492 e. The fourth-order valence-corrected chi connectivity index (χ4v) is 8.35. The predicted molar refractivity (Wildman–Crippen MR) is 137 cm³/mol. The van der Waals surface area contributed by atoms with Crippen LogP contribution in [0, 0.1) is 23.2 Å². The number of carbonyl (C=O) groups excluding carboxylic acids is 1. The quantitative estimate of drug-likeness (QED) is 0.438. The van der Waals surface area contributed by atoms with Crippen molar-refractivity contribution in [2.45, 2.75) is 81.8 Å². The zero-order chi connectivity index (χ0) is 26.7. The molecule has 0 spiro atoms. The van der Waals surface area contributed by atoms with Gasteiger partial charge in [0, 0.05) is 23.6 Å². The van der Waals surface area contributed by atoms with E-state index in [0.717, 1.165) is 17.2 Å². The summed E-state index contributed by atoms with van der Waals surface area (Å²) in [5.41, 5.74) is -1.29. The number of nitrogens with one attached hydrogen (secondary N) is 1. The zero-order valence-corrected chi connectivity index (χ0v) is 21.4. The zero-order valence-electron chi connectivity index (χ0n) is 21.4. The third kappa shape index (κ3) is 4.65. The molecule has 5 aliphatic rings. The van der Waals surface area contributed by atoms with E-state index in [9.17, 15) is 28.6 Å². The molecule has 5 fully saturated rings. The fourth-order valence-electron chi connectivity index (χ4n) is 8.35. The van der Waals surface area contributed by atoms with Gasteiger partial charge in [0.1, 0.15) is 11.8 Å². The molecular weight excluding hydrogens is 492 g/mol.